The van der Waals surface area contributed by atoms with E-state index in [0.717, 1.165) is 36.7 Å². The molecule has 1 aromatic heterocycles. The molecule has 1 unspecified atom stereocenters. The van der Waals surface area contributed by atoms with E-state index < -0.39 is 0 Å². The first-order valence-electron chi connectivity index (χ1n) is 7.10. The largest absolute Gasteiger partial charge is 0.336 e. The standard InChI is InChI=1S/C14H21BrN4O/c1-2-5-11-6-3-4-7-19(11)14(20)12-8-10(15)9-17-13(12)18-16/h8-9,11H,2-7,16H2,1H3,(H,17,18). The minimum absolute atomic E-state index is 0.0184. The molecule has 2 rings (SSSR count). The Morgan fingerprint density at radius 1 is 1.60 bits per heavy atom. The Kier molecular flexibility index (Phi) is 5.37. The second kappa shape index (κ2) is 7.04. The second-order valence-corrected chi connectivity index (χ2v) is 6.05. The van der Waals surface area contributed by atoms with Crippen LogP contribution in [0.3, 0.4) is 0 Å². The Morgan fingerprint density at radius 3 is 3.10 bits per heavy atom. The highest BCUT2D eigenvalue weighted by atomic mass is 79.9. The van der Waals surface area contributed by atoms with Crippen molar-refractivity contribution in [3.05, 3.63) is 22.3 Å². The number of pyridine rings is 1. The zero-order chi connectivity index (χ0) is 14.5. The monoisotopic (exact) mass is 340 g/mol. The van der Waals surface area contributed by atoms with Crippen LogP contribution in [0.5, 0.6) is 0 Å². The molecule has 20 heavy (non-hydrogen) atoms. The predicted octanol–water partition coefficient (Wildman–Crippen LogP) is 2.92. The smallest absolute Gasteiger partial charge is 0.257 e. The first kappa shape index (κ1) is 15.3. The molecule has 110 valence electrons. The molecule has 0 spiro atoms. The first-order chi connectivity index (χ1) is 9.67. The lowest BCUT2D eigenvalue weighted by molar-refractivity contribution is 0.0601. The van der Waals surface area contributed by atoms with Crippen LogP contribution in [0, 0.1) is 0 Å². The Hall–Kier alpha value is -1.14. The lowest BCUT2D eigenvalue weighted by Crippen LogP contribution is -2.44. The van der Waals surface area contributed by atoms with Gasteiger partial charge in [0, 0.05) is 23.3 Å². The molecule has 0 aromatic carbocycles. The van der Waals surface area contributed by atoms with Gasteiger partial charge in [0.15, 0.2) is 5.82 Å². The fraction of sp³-hybridized carbons (Fsp3) is 0.571. The van der Waals surface area contributed by atoms with E-state index in [1.165, 1.54) is 6.42 Å². The molecule has 0 radical (unpaired) electrons. The maximum Gasteiger partial charge on any atom is 0.257 e. The van der Waals surface area contributed by atoms with Crippen LogP contribution < -0.4 is 11.3 Å². The van der Waals surface area contributed by atoms with Crippen molar-refractivity contribution in [1.29, 1.82) is 0 Å². The number of hydrogen-bond donors (Lipinski definition) is 2. The third-order valence-corrected chi connectivity index (χ3v) is 4.17. The molecule has 6 heteroatoms. The van der Waals surface area contributed by atoms with Crippen LogP contribution in [0.25, 0.3) is 0 Å². The summed E-state index contributed by atoms with van der Waals surface area (Å²) >= 11 is 3.36. The summed E-state index contributed by atoms with van der Waals surface area (Å²) in [6.07, 6.45) is 7.13. The van der Waals surface area contributed by atoms with Gasteiger partial charge in [-0.05, 0) is 47.7 Å². The van der Waals surface area contributed by atoms with Crippen LogP contribution in [0.4, 0.5) is 5.82 Å². The highest BCUT2D eigenvalue weighted by Crippen LogP contribution is 2.26. The van der Waals surface area contributed by atoms with Gasteiger partial charge >= 0.3 is 0 Å². The summed E-state index contributed by atoms with van der Waals surface area (Å²) in [6.45, 7) is 2.98. The molecule has 0 bridgehead atoms. The number of aromatic nitrogens is 1. The number of hydrogen-bond acceptors (Lipinski definition) is 4. The van der Waals surface area contributed by atoms with Gasteiger partial charge in [0.05, 0.1) is 5.56 Å². The lowest BCUT2D eigenvalue weighted by Gasteiger charge is -2.36. The minimum Gasteiger partial charge on any atom is -0.336 e. The number of nitrogens with two attached hydrogens (primary N) is 1. The molecule has 2 heterocycles. The number of halogens is 1. The number of likely N-dealkylation sites (tertiary alicyclic amines) is 1. The second-order valence-electron chi connectivity index (χ2n) is 5.13. The summed E-state index contributed by atoms with van der Waals surface area (Å²) in [4.78, 5) is 18.9. The van der Waals surface area contributed by atoms with Gasteiger partial charge in [0.2, 0.25) is 0 Å². The van der Waals surface area contributed by atoms with Crippen molar-refractivity contribution in [2.75, 3.05) is 12.0 Å². The quantitative estimate of drug-likeness (QED) is 0.653. The van der Waals surface area contributed by atoms with E-state index >= 15 is 0 Å². The molecule has 1 aliphatic heterocycles. The van der Waals surface area contributed by atoms with Crippen molar-refractivity contribution in [1.82, 2.24) is 9.88 Å². The van der Waals surface area contributed by atoms with E-state index in [4.69, 9.17) is 5.84 Å². The van der Waals surface area contributed by atoms with Crippen LogP contribution in [0.15, 0.2) is 16.7 Å². The number of rotatable bonds is 4. The van der Waals surface area contributed by atoms with Crippen LogP contribution >= 0.6 is 15.9 Å². The van der Waals surface area contributed by atoms with E-state index in [2.05, 4.69) is 33.3 Å². The summed E-state index contributed by atoms with van der Waals surface area (Å²) in [5, 5.41) is 0. The fourth-order valence-corrected chi connectivity index (χ4v) is 3.10. The zero-order valence-corrected chi connectivity index (χ0v) is 13.3. The summed E-state index contributed by atoms with van der Waals surface area (Å²) < 4.78 is 0.781. The SMILES string of the molecule is CCCC1CCCCN1C(=O)c1cc(Br)cnc1NN. The van der Waals surface area contributed by atoms with E-state index in [1.807, 2.05) is 4.90 Å². The maximum atomic E-state index is 12.8. The van der Waals surface area contributed by atoms with E-state index in [0.29, 0.717) is 17.4 Å². The molecular formula is C14H21BrN4O. The van der Waals surface area contributed by atoms with Gasteiger partial charge in [-0.25, -0.2) is 10.8 Å². The zero-order valence-electron chi connectivity index (χ0n) is 11.7. The van der Waals surface area contributed by atoms with Crippen molar-refractivity contribution in [3.63, 3.8) is 0 Å². The molecule has 5 nitrogen and oxygen atoms in total. The summed E-state index contributed by atoms with van der Waals surface area (Å²) in [6, 6.07) is 2.12. The highest BCUT2D eigenvalue weighted by Gasteiger charge is 2.28. The molecule has 3 N–H and O–H groups in total. The first-order valence-corrected chi connectivity index (χ1v) is 7.89. The normalized spacial score (nSPS) is 18.9. The van der Waals surface area contributed by atoms with E-state index in [-0.39, 0.29) is 5.91 Å². The number of nitrogens with one attached hydrogen (secondary N) is 1. The van der Waals surface area contributed by atoms with E-state index in [1.54, 1.807) is 12.3 Å². The van der Waals surface area contributed by atoms with Gasteiger partial charge in [-0.15, -0.1) is 0 Å². The average Bonchev–Trinajstić information content (AvgIpc) is 2.47. The molecule has 1 atom stereocenters. The van der Waals surface area contributed by atoms with Gasteiger partial charge in [0.1, 0.15) is 0 Å². The molecule has 1 fully saturated rings. The van der Waals surface area contributed by atoms with Gasteiger partial charge in [-0.3, -0.25) is 4.79 Å². The molecule has 1 aliphatic rings. The van der Waals surface area contributed by atoms with E-state index in [9.17, 15) is 4.79 Å². The van der Waals surface area contributed by atoms with Crippen LogP contribution in [-0.2, 0) is 0 Å². The van der Waals surface area contributed by atoms with Crippen molar-refractivity contribution in [3.8, 4) is 0 Å². The highest BCUT2D eigenvalue weighted by molar-refractivity contribution is 9.10. The maximum absolute atomic E-state index is 12.8. The Morgan fingerprint density at radius 2 is 2.40 bits per heavy atom. The van der Waals surface area contributed by atoms with Crippen molar-refractivity contribution < 1.29 is 4.79 Å². The number of carbonyl (C=O) groups is 1. The lowest BCUT2D eigenvalue weighted by atomic mass is 9.97. The predicted molar refractivity (Wildman–Crippen MR) is 83.3 cm³/mol. The Balaban J connectivity index is 2.26. The van der Waals surface area contributed by atoms with Crippen molar-refractivity contribution in [2.45, 2.75) is 45.1 Å². The number of carbonyl (C=O) groups excluding carboxylic acids is 1. The third-order valence-electron chi connectivity index (χ3n) is 3.73. The molecular weight excluding hydrogens is 320 g/mol. The number of piperidine rings is 1. The van der Waals surface area contributed by atoms with Crippen LogP contribution in [-0.4, -0.2) is 28.4 Å². The van der Waals surface area contributed by atoms with Gasteiger partial charge in [-0.2, -0.15) is 0 Å². The number of anilines is 1. The summed E-state index contributed by atoms with van der Waals surface area (Å²) in [5.41, 5.74) is 3.04. The van der Waals surface area contributed by atoms with Gasteiger partial charge < -0.3 is 10.3 Å². The van der Waals surface area contributed by atoms with Gasteiger partial charge in [0.25, 0.3) is 5.91 Å². The average molecular weight is 341 g/mol. The molecule has 1 saturated heterocycles. The fourth-order valence-electron chi connectivity index (χ4n) is 2.77. The van der Waals surface area contributed by atoms with Crippen molar-refractivity contribution >= 4 is 27.7 Å². The number of hydrazine groups is 1. The van der Waals surface area contributed by atoms with Crippen LogP contribution in [0.2, 0.25) is 0 Å². The topological polar surface area (TPSA) is 71.2 Å². The Bertz CT molecular complexity index is 478. The summed E-state index contributed by atoms with van der Waals surface area (Å²) in [7, 11) is 0. The van der Waals surface area contributed by atoms with Crippen LogP contribution in [0.1, 0.15) is 49.4 Å². The number of nitrogens with zero attached hydrogens (tertiary/aromatic N) is 2. The van der Waals surface area contributed by atoms with Gasteiger partial charge in [-0.1, -0.05) is 13.3 Å². The molecule has 1 amide bonds. The molecule has 0 saturated carbocycles. The minimum atomic E-state index is 0.0184. The number of nitrogen functional groups attached to an aromatic ring is 1. The molecule has 0 aliphatic carbocycles. The number of amides is 1. The van der Waals surface area contributed by atoms with Crippen molar-refractivity contribution in [2.24, 2.45) is 5.84 Å². The third kappa shape index (κ3) is 3.30. The Labute approximate surface area is 128 Å². The molecule has 1 aromatic rings. The summed E-state index contributed by atoms with van der Waals surface area (Å²) in [5.74, 6) is 5.91.